The third kappa shape index (κ3) is 6.34. The molecule has 1 fully saturated rings. The van der Waals surface area contributed by atoms with Gasteiger partial charge in [-0.3, -0.25) is 4.79 Å². The van der Waals surface area contributed by atoms with Crippen LogP contribution in [0.2, 0.25) is 0 Å². The molecule has 0 saturated carbocycles. The van der Waals surface area contributed by atoms with Crippen LogP contribution in [0.15, 0.2) is 0 Å². The highest BCUT2D eigenvalue weighted by Crippen LogP contribution is 2.19. The third-order valence-electron chi connectivity index (χ3n) is 4.25. The maximum Gasteiger partial charge on any atom is 0.223 e. The fourth-order valence-corrected chi connectivity index (χ4v) is 3.81. The molecule has 1 aliphatic rings. The second kappa shape index (κ2) is 8.73. The van der Waals surface area contributed by atoms with Gasteiger partial charge in [-0.15, -0.1) is 0 Å². The highest BCUT2D eigenvalue weighted by Gasteiger charge is 2.25. The summed E-state index contributed by atoms with van der Waals surface area (Å²) in [4.78, 5) is 12.2. The predicted molar refractivity (Wildman–Crippen MR) is 85.5 cm³/mol. The summed E-state index contributed by atoms with van der Waals surface area (Å²) in [6.07, 6.45) is 6.89. The zero-order valence-corrected chi connectivity index (χ0v) is 14.4. The van der Waals surface area contributed by atoms with Gasteiger partial charge >= 0.3 is 0 Å². The van der Waals surface area contributed by atoms with E-state index < -0.39 is 10.0 Å². The summed E-state index contributed by atoms with van der Waals surface area (Å²) in [5.74, 6) is 0.705. The number of carbonyl (C=O) groups excluding carboxylic acids is 1. The average Bonchev–Trinajstić information content (AvgIpc) is 2.44. The maximum absolute atomic E-state index is 12.2. The molecule has 0 unspecified atom stereocenters. The Bertz CT molecular complexity index is 409. The van der Waals surface area contributed by atoms with Crippen LogP contribution in [0.4, 0.5) is 0 Å². The van der Waals surface area contributed by atoms with Crippen LogP contribution in [0.3, 0.4) is 0 Å². The standard InChI is InChI=1S/C15H30N2O3S/c1-4-6-14(7-5-2)15(18)16-12-13-8-10-17(11-9-13)21(3,19)20/h13-14H,4-12H2,1-3H3,(H,16,18). The molecule has 0 aliphatic carbocycles. The fraction of sp³-hybridized carbons (Fsp3) is 0.933. The minimum atomic E-state index is -3.06. The smallest absolute Gasteiger partial charge is 0.223 e. The van der Waals surface area contributed by atoms with Crippen molar-refractivity contribution in [1.82, 2.24) is 9.62 Å². The van der Waals surface area contributed by atoms with Gasteiger partial charge in [0.05, 0.1) is 6.26 Å². The van der Waals surface area contributed by atoms with Crippen molar-refractivity contribution in [3.8, 4) is 0 Å². The van der Waals surface area contributed by atoms with Gasteiger partial charge in [0.2, 0.25) is 15.9 Å². The lowest BCUT2D eigenvalue weighted by Crippen LogP contribution is -2.42. The van der Waals surface area contributed by atoms with Gasteiger partial charge in [0.15, 0.2) is 0 Å². The Morgan fingerprint density at radius 1 is 1.19 bits per heavy atom. The zero-order chi connectivity index (χ0) is 15.9. The van der Waals surface area contributed by atoms with Crippen molar-refractivity contribution in [2.24, 2.45) is 11.8 Å². The largest absolute Gasteiger partial charge is 0.356 e. The van der Waals surface area contributed by atoms with Crippen molar-refractivity contribution in [2.45, 2.75) is 52.4 Å². The molecule has 0 radical (unpaired) electrons. The van der Waals surface area contributed by atoms with Crippen LogP contribution in [0.5, 0.6) is 0 Å². The molecule has 0 aromatic heterocycles. The highest BCUT2D eigenvalue weighted by molar-refractivity contribution is 7.88. The van der Waals surface area contributed by atoms with Gasteiger partial charge < -0.3 is 5.32 Å². The minimum Gasteiger partial charge on any atom is -0.356 e. The van der Waals surface area contributed by atoms with Gasteiger partial charge in [0.1, 0.15) is 0 Å². The molecule has 5 nitrogen and oxygen atoms in total. The van der Waals surface area contributed by atoms with E-state index in [1.165, 1.54) is 10.6 Å². The Labute approximate surface area is 129 Å². The van der Waals surface area contributed by atoms with E-state index in [0.717, 1.165) is 38.5 Å². The number of hydrogen-bond donors (Lipinski definition) is 1. The van der Waals surface area contributed by atoms with Gasteiger partial charge in [0.25, 0.3) is 0 Å². The van der Waals surface area contributed by atoms with Crippen molar-refractivity contribution >= 4 is 15.9 Å². The lowest BCUT2D eigenvalue weighted by molar-refractivity contribution is -0.125. The van der Waals surface area contributed by atoms with Crippen LogP contribution < -0.4 is 5.32 Å². The number of sulfonamides is 1. The van der Waals surface area contributed by atoms with Crippen molar-refractivity contribution in [2.75, 3.05) is 25.9 Å². The molecule has 0 spiro atoms. The third-order valence-corrected chi connectivity index (χ3v) is 5.56. The first kappa shape index (κ1) is 18.4. The predicted octanol–water partition coefficient (Wildman–Crippen LogP) is 1.99. The molecule has 21 heavy (non-hydrogen) atoms. The van der Waals surface area contributed by atoms with Gasteiger partial charge in [-0.25, -0.2) is 12.7 Å². The van der Waals surface area contributed by atoms with Crippen molar-refractivity contribution in [3.05, 3.63) is 0 Å². The molecule has 0 atom stereocenters. The minimum absolute atomic E-state index is 0.135. The zero-order valence-electron chi connectivity index (χ0n) is 13.6. The Kier molecular flexibility index (Phi) is 7.66. The molecule has 1 N–H and O–H groups in total. The summed E-state index contributed by atoms with van der Waals surface area (Å²) in [7, 11) is -3.06. The van der Waals surface area contributed by atoms with E-state index in [4.69, 9.17) is 0 Å². The molecule has 1 saturated heterocycles. The quantitative estimate of drug-likeness (QED) is 0.744. The molecule has 0 aromatic carbocycles. The van der Waals surface area contributed by atoms with Crippen LogP contribution in [0.1, 0.15) is 52.4 Å². The topological polar surface area (TPSA) is 66.5 Å². The van der Waals surface area contributed by atoms with Gasteiger partial charge in [-0.2, -0.15) is 0 Å². The van der Waals surface area contributed by atoms with E-state index in [0.29, 0.717) is 25.6 Å². The molecule has 6 heteroatoms. The highest BCUT2D eigenvalue weighted by atomic mass is 32.2. The van der Waals surface area contributed by atoms with Crippen LogP contribution in [-0.4, -0.2) is 44.5 Å². The van der Waals surface area contributed by atoms with Crippen molar-refractivity contribution in [3.63, 3.8) is 0 Å². The van der Waals surface area contributed by atoms with E-state index in [2.05, 4.69) is 19.2 Å². The van der Waals surface area contributed by atoms with E-state index >= 15 is 0 Å². The van der Waals surface area contributed by atoms with Crippen molar-refractivity contribution in [1.29, 1.82) is 0 Å². The summed E-state index contributed by atoms with van der Waals surface area (Å²) in [6.45, 7) is 6.05. The Morgan fingerprint density at radius 3 is 2.14 bits per heavy atom. The number of nitrogens with zero attached hydrogens (tertiary/aromatic N) is 1. The molecule has 124 valence electrons. The van der Waals surface area contributed by atoms with E-state index in [1.807, 2.05) is 0 Å². The van der Waals surface area contributed by atoms with E-state index in [9.17, 15) is 13.2 Å². The first-order valence-electron chi connectivity index (χ1n) is 8.11. The molecular weight excluding hydrogens is 288 g/mol. The van der Waals surface area contributed by atoms with Gasteiger partial charge in [0, 0.05) is 25.6 Å². The second-order valence-electron chi connectivity index (χ2n) is 6.12. The lowest BCUT2D eigenvalue weighted by Gasteiger charge is -2.30. The number of rotatable bonds is 8. The van der Waals surface area contributed by atoms with Gasteiger partial charge in [-0.1, -0.05) is 26.7 Å². The Hall–Kier alpha value is -0.620. The first-order valence-corrected chi connectivity index (χ1v) is 9.96. The lowest BCUT2D eigenvalue weighted by atomic mass is 9.95. The number of nitrogens with one attached hydrogen (secondary N) is 1. The molecule has 1 amide bonds. The summed E-state index contributed by atoms with van der Waals surface area (Å²) in [5, 5.41) is 3.07. The van der Waals surface area contributed by atoms with Crippen LogP contribution in [0.25, 0.3) is 0 Å². The normalized spacial score (nSPS) is 18.1. The number of carbonyl (C=O) groups is 1. The van der Waals surface area contributed by atoms with E-state index in [1.54, 1.807) is 0 Å². The summed E-state index contributed by atoms with van der Waals surface area (Å²) < 4.78 is 24.4. The molecule has 1 aliphatic heterocycles. The maximum atomic E-state index is 12.2. The molecule has 1 rings (SSSR count). The molecule has 0 aromatic rings. The summed E-state index contributed by atoms with van der Waals surface area (Å²) >= 11 is 0. The second-order valence-corrected chi connectivity index (χ2v) is 8.11. The van der Waals surface area contributed by atoms with Crippen molar-refractivity contribution < 1.29 is 13.2 Å². The summed E-state index contributed by atoms with van der Waals surface area (Å²) in [5.41, 5.74) is 0. The molecular formula is C15H30N2O3S. The molecule has 0 bridgehead atoms. The van der Waals surface area contributed by atoms with Crippen LogP contribution in [-0.2, 0) is 14.8 Å². The molecule has 1 heterocycles. The number of amides is 1. The van der Waals surface area contributed by atoms with Crippen LogP contribution in [0, 0.1) is 11.8 Å². The number of piperidine rings is 1. The SMILES string of the molecule is CCCC(CCC)C(=O)NCC1CCN(S(C)(=O)=O)CC1. The Morgan fingerprint density at radius 2 is 1.71 bits per heavy atom. The Balaban J connectivity index is 2.34. The average molecular weight is 318 g/mol. The van der Waals surface area contributed by atoms with Crippen LogP contribution >= 0.6 is 0 Å². The number of hydrogen-bond acceptors (Lipinski definition) is 3. The monoisotopic (exact) mass is 318 g/mol. The van der Waals surface area contributed by atoms with Gasteiger partial charge in [-0.05, 0) is 31.6 Å². The fourth-order valence-electron chi connectivity index (χ4n) is 2.94. The first-order chi connectivity index (χ1) is 9.88. The van der Waals surface area contributed by atoms with E-state index in [-0.39, 0.29) is 11.8 Å². The summed E-state index contributed by atoms with van der Waals surface area (Å²) in [6, 6.07) is 0.